The molecule has 2 heterocycles. The van der Waals surface area contributed by atoms with Crippen molar-refractivity contribution in [3.05, 3.63) is 94.8 Å². The Kier molecular flexibility index (Phi) is 7.30. The molecule has 5 rings (SSSR count). The van der Waals surface area contributed by atoms with Crippen LogP contribution in [0.3, 0.4) is 0 Å². The quantitative estimate of drug-likeness (QED) is 0.309. The number of amides is 1. The molecule has 190 valence electrons. The van der Waals surface area contributed by atoms with Crippen LogP contribution < -0.4 is 5.32 Å². The Morgan fingerprint density at radius 2 is 1.95 bits per heavy atom. The molecule has 1 aliphatic heterocycles. The first-order valence-corrected chi connectivity index (χ1v) is 12.3. The number of halogens is 1. The van der Waals surface area contributed by atoms with Crippen LogP contribution in [0.25, 0.3) is 10.9 Å². The smallest absolute Gasteiger partial charge is 0.251 e. The lowest BCUT2D eigenvalue weighted by molar-refractivity contribution is 0.0342. The summed E-state index contributed by atoms with van der Waals surface area (Å²) in [5, 5.41) is 14.2. The highest BCUT2D eigenvalue weighted by Gasteiger charge is 2.16. The summed E-state index contributed by atoms with van der Waals surface area (Å²) in [5.74, 6) is -0.600. The van der Waals surface area contributed by atoms with Gasteiger partial charge in [0.15, 0.2) is 5.88 Å². The van der Waals surface area contributed by atoms with Crippen LogP contribution in [-0.4, -0.2) is 53.4 Å². The number of hydrogen-bond acceptors (Lipinski definition) is 5. The zero-order valence-electron chi connectivity index (χ0n) is 20.6. The van der Waals surface area contributed by atoms with Crippen LogP contribution >= 0.6 is 0 Å². The molecule has 4 aromatic rings. The van der Waals surface area contributed by atoms with Gasteiger partial charge in [-0.05, 0) is 60.5 Å². The number of nitrogens with zero attached hydrogens (tertiary/aromatic N) is 2. The van der Waals surface area contributed by atoms with Crippen molar-refractivity contribution in [2.24, 2.45) is 4.99 Å². The van der Waals surface area contributed by atoms with E-state index in [1.165, 1.54) is 12.1 Å². The molecule has 1 aliphatic rings. The molecule has 1 fully saturated rings. The van der Waals surface area contributed by atoms with Gasteiger partial charge in [0.1, 0.15) is 5.82 Å². The predicted octanol–water partition coefficient (Wildman–Crippen LogP) is 5.09. The minimum absolute atomic E-state index is 0.0135. The standard InChI is InChI=1S/C29H29FN4O3/c1-19(21-5-8-23(30)9-6-21)32-28(35)22-7-10-27-25(16-22)26(29(36)33-27)17-31-24-4-2-3-20(15-24)18-34-11-13-37-14-12-34/h2-10,15-17,19,33,36H,11-14,18H2,1H3,(H,32,35)/t19-/m1/s1. The molecular weight excluding hydrogens is 471 g/mol. The summed E-state index contributed by atoms with van der Waals surface area (Å²) < 4.78 is 18.6. The summed E-state index contributed by atoms with van der Waals surface area (Å²) in [6.07, 6.45) is 1.62. The second-order valence-electron chi connectivity index (χ2n) is 9.21. The monoisotopic (exact) mass is 500 g/mol. The summed E-state index contributed by atoms with van der Waals surface area (Å²) in [5.41, 5.74) is 4.40. The van der Waals surface area contributed by atoms with Gasteiger partial charge in [-0.15, -0.1) is 0 Å². The van der Waals surface area contributed by atoms with Crippen molar-refractivity contribution in [3.8, 4) is 5.88 Å². The van der Waals surface area contributed by atoms with Crippen molar-refractivity contribution in [1.82, 2.24) is 15.2 Å². The first kappa shape index (κ1) is 24.7. The summed E-state index contributed by atoms with van der Waals surface area (Å²) >= 11 is 0. The second-order valence-corrected chi connectivity index (χ2v) is 9.21. The van der Waals surface area contributed by atoms with Gasteiger partial charge in [-0.2, -0.15) is 0 Å². The third kappa shape index (κ3) is 5.87. The fourth-order valence-electron chi connectivity index (χ4n) is 4.48. The maximum Gasteiger partial charge on any atom is 0.251 e. The number of morpholine rings is 1. The highest BCUT2D eigenvalue weighted by atomic mass is 19.1. The molecule has 1 saturated heterocycles. The molecule has 0 radical (unpaired) electrons. The Labute approximate surface area is 214 Å². The van der Waals surface area contributed by atoms with Crippen LogP contribution in [0.2, 0.25) is 0 Å². The van der Waals surface area contributed by atoms with Gasteiger partial charge in [0, 0.05) is 42.3 Å². The number of aromatic nitrogens is 1. The van der Waals surface area contributed by atoms with Crippen LogP contribution in [0.1, 0.15) is 40.0 Å². The van der Waals surface area contributed by atoms with Gasteiger partial charge in [0.2, 0.25) is 0 Å². The minimum atomic E-state index is -0.321. The van der Waals surface area contributed by atoms with E-state index in [1.807, 2.05) is 25.1 Å². The average molecular weight is 501 g/mol. The third-order valence-electron chi connectivity index (χ3n) is 6.56. The normalized spacial score (nSPS) is 15.3. The van der Waals surface area contributed by atoms with E-state index in [-0.39, 0.29) is 23.6 Å². The first-order valence-electron chi connectivity index (χ1n) is 12.3. The second kappa shape index (κ2) is 10.9. The number of nitrogens with one attached hydrogen (secondary N) is 2. The molecule has 0 unspecified atom stereocenters. The maximum absolute atomic E-state index is 13.2. The Bertz CT molecular complexity index is 1430. The van der Waals surface area contributed by atoms with E-state index in [1.54, 1.807) is 36.5 Å². The number of rotatable bonds is 7. The molecule has 3 N–H and O–H groups in total. The van der Waals surface area contributed by atoms with Gasteiger partial charge in [-0.25, -0.2) is 4.39 Å². The number of aromatic amines is 1. The lowest BCUT2D eigenvalue weighted by Gasteiger charge is -2.26. The van der Waals surface area contributed by atoms with Gasteiger partial charge in [0.25, 0.3) is 5.91 Å². The maximum atomic E-state index is 13.2. The fourth-order valence-corrected chi connectivity index (χ4v) is 4.48. The molecule has 1 aromatic heterocycles. The SMILES string of the molecule is C[C@@H](NC(=O)c1ccc2[nH]c(O)c(C=Nc3cccc(CN4CCOCC4)c3)c2c1)c1ccc(F)cc1. The zero-order valence-corrected chi connectivity index (χ0v) is 20.6. The topological polar surface area (TPSA) is 90.0 Å². The van der Waals surface area contributed by atoms with E-state index in [0.717, 1.165) is 49.7 Å². The Morgan fingerprint density at radius 3 is 2.73 bits per heavy atom. The molecule has 1 atom stereocenters. The molecule has 0 aliphatic carbocycles. The van der Waals surface area contributed by atoms with E-state index in [4.69, 9.17) is 4.74 Å². The van der Waals surface area contributed by atoms with Crippen molar-refractivity contribution in [2.45, 2.75) is 19.5 Å². The van der Waals surface area contributed by atoms with Gasteiger partial charge < -0.3 is 20.1 Å². The highest BCUT2D eigenvalue weighted by Crippen LogP contribution is 2.28. The molecule has 37 heavy (non-hydrogen) atoms. The van der Waals surface area contributed by atoms with Crippen LogP contribution in [-0.2, 0) is 11.3 Å². The van der Waals surface area contributed by atoms with Gasteiger partial charge in [0.05, 0.1) is 30.5 Å². The van der Waals surface area contributed by atoms with Crippen LogP contribution in [0.5, 0.6) is 5.88 Å². The summed E-state index contributed by atoms with van der Waals surface area (Å²) in [4.78, 5) is 22.8. The van der Waals surface area contributed by atoms with Crippen molar-refractivity contribution in [2.75, 3.05) is 26.3 Å². The van der Waals surface area contributed by atoms with E-state index in [0.29, 0.717) is 22.0 Å². The molecule has 7 nitrogen and oxygen atoms in total. The first-order chi connectivity index (χ1) is 18.0. The molecule has 0 saturated carbocycles. The lowest BCUT2D eigenvalue weighted by atomic mass is 10.1. The molecule has 1 amide bonds. The fraction of sp³-hybridized carbons (Fsp3) is 0.241. The van der Waals surface area contributed by atoms with Crippen molar-refractivity contribution >= 4 is 28.7 Å². The summed E-state index contributed by atoms with van der Waals surface area (Å²) in [6.45, 7) is 6.01. The molecule has 0 bridgehead atoms. The Balaban J connectivity index is 1.34. The third-order valence-corrected chi connectivity index (χ3v) is 6.56. The van der Waals surface area contributed by atoms with Gasteiger partial charge >= 0.3 is 0 Å². The number of fused-ring (bicyclic) bond motifs is 1. The predicted molar refractivity (Wildman–Crippen MR) is 142 cm³/mol. The Hall–Kier alpha value is -4.01. The molecular formula is C29H29FN4O3. The zero-order chi connectivity index (χ0) is 25.8. The van der Waals surface area contributed by atoms with E-state index in [2.05, 4.69) is 26.3 Å². The average Bonchev–Trinajstić information content (AvgIpc) is 3.22. The number of hydrogen-bond donors (Lipinski definition) is 3. The number of ether oxygens (including phenoxy) is 1. The van der Waals surface area contributed by atoms with E-state index in [9.17, 15) is 14.3 Å². The van der Waals surface area contributed by atoms with Gasteiger partial charge in [-0.1, -0.05) is 24.3 Å². The number of benzene rings is 3. The lowest BCUT2D eigenvalue weighted by Crippen LogP contribution is -2.35. The van der Waals surface area contributed by atoms with Crippen molar-refractivity contribution in [1.29, 1.82) is 0 Å². The van der Waals surface area contributed by atoms with E-state index >= 15 is 0 Å². The minimum Gasteiger partial charge on any atom is -0.494 e. The molecule has 0 spiro atoms. The van der Waals surface area contributed by atoms with E-state index < -0.39 is 0 Å². The number of aliphatic imine (C=N–C) groups is 1. The number of H-pyrrole nitrogens is 1. The summed E-state index contributed by atoms with van der Waals surface area (Å²) in [6, 6.07) is 18.9. The summed E-state index contributed by atoms with van der Waals surface area (Å²) in [7, 11) is 0. The van der Waals surface area contributed by atoms with Gasteiger partial charge in [-0.3, -0.25) is 14.7 Å². The van der Waals surface area contributed by atoms with Crippen LogP contribution in [0.15, 0.2) is 71.7 Å². The van der Waals surface area contributed by atoms with Crippen molar-refractivity contribution in [3.63, 3.8) is 0 Å². The number of carbonyl (C=O) groups is 1. The Morgan fingerprint density at radius 1 is 1.16 bits per heavy atom. The molecule has 8 heteroatoms. The molecule has 3 aromatic carbocycles. The largest absolute Gasteiger partial charge is 0.494 e. The number of aromatic hydroxyl groups is 1. The van der Waals surface area contributed by atoms with Crippen LogP contribution in [0.4, 0.5) is 10.1 Å². The van der Waals surface area contributed by atoms with Crippen molar-refractivity contribution < 1.29 is 19.0 Å². The number of carbonyl (C=O) groups excluding carboxylic acids is 1. The highest BCUT2D eigenvalue weighted by molar-refractivity contribution is 6.06. The van der Waals surface area contributed by atoms with Crippen LogP contribution in [0, 0.1) is 5.82 Å².